The molecule has 0 saturated heterocycles. The number of aliphatic hydroxyl groups excluding tert-OH is 2. The molecule has 2 rings (SSSR count). The Morgan fingerprint density at radius 2 is 1.34 bits per heavy atom. The van der Waals surface area contributed by atoms with E-state index in [1.807, 2.05) is 0 Å². The number of aliphatic carboxylic acids is 2. The number of phenols is 2. The molecule has 2 atom stereocenters. The van der Waals surface area contributed by atoms with Crippen LogP contribution in [0.25, 0.3) is 0 Å². The first-order valence-electron chi connectivity index (χ1n) is 10.3. The maximum Gasteiger partial charge on any atom is 0.359 e. The van der Waals surface area contributed by atoms with E-state index in [1.54, 1.807) is 36.4 Å². The van der Waals surface area contributed by atoms with E-state index in [0.29, 0.717) is 40.1 Å². The first-order chi connectivity index (χ1) is 15.2. The van der Waals surface area contributed by atoms with Crippen molar-refractivity contribution in [3.8, 4) is 11.5 Å². The Morgan fingerprint density at radius 3 is 1.88 bits per heavy atom. The van der Waals surface area contributed by atoms with Crippen LogP contribution in [0.15, 0.2) is 36.4 Å². The lowest BCUT2D eigenvalue weighted by Gasteiger charge is -2.22. The minimum Gasteiger partial charge on any atom is -0.507 e. The Kier molecular flexibility index (Phi) is 9.45. The minimum absolute atomic E-state index is 0.0640. The van der Waals surface area contributed by atoms with Crippen molar-refractivity contribution in [1.82, 2.24) is 0 Å². The van der Waals surface area contributed by atoms with Crippen molar-refractivity contribution in [2.75, 3.05) is 13.1 Å². The molecule has 2 unspecified atom stereocenters. The van der Waals surface area contributed by atoms with Gasteiger partial charge >= 0.3 is 11.9 Å². The molecule has 0 fully saturated rings. The molecule has 0 aliphatic heterocycles. The monoisotopic (exact) mass is 448 g/mol. The summed E-state index contributed by atoms with van der Waals surface area (Å²) in [6, 6.07) is 9.83. The lowest BCUT2D eigenvalue weighted by atomic mass is 9.91. The second-order valence-electron chi connectivity index (χ2n) is 7.87. The number of carboxylic acid groups (broad SMARTS) is 2. The normalized spacial score (nSPS) is 12.9. The van der Waals surface area contributed by atoms with Crippen molar-refractivity contribution < 1.29 is 45.1 Å². The Hall–Kier alpha value is -3.14. The first-order valence-corrected chi connectivity index (χ1v) is 10.3. The van der Waals surface area contributed by atoms with Crippen LogP contribution in [0.1, 0.15) is 35.1 Å². The number of aliphatic hydroxyl groups is 2. The van der Waals surface area contributed by atoms with Gasteiger partial charge in [0.25, 0.3) is 0 Å². The molecule has 0 aromatic heterocycles. The van der Waals surface area contributed by atoms with Gasteiger partial charge < -0.3 is 35.5 Å². The van der Waals surface area contributed by atoms with Crippen LogP contribution in [0.4, 0.5) is 0 Å². The fourth-order valence-corrected chi connectivity index (χ4v) is 3.82. The van der Waals surface area contributed by atoms with Gasteiger partial charge in [-0.3, -0.25) is 4.79 Å². The van der Waals surface area contributed by atoms with Gasteiger partial charge in [0.2, 0.25) is 0 Å². The van der Waals surface area contributed by atoms with Crippen molar-refractivity contribution in [3.05, 3.63) is 58.7 Å². The first kappa shape index (κ1) is 25.1. The summed E-state index contributed by atoms with van der Waals surface area (Å²) < 4.78 is 0. The molecule has 9 nitrogen and oxygen atoms in total. The number of hydrogen-bond donors (Lipinski definition) is 7. The van der Waals surface area contributed by atoms with E-state index < -0.39 is 11.9 Å². The smallest absolute Gasteiger partial charge is 0.359 e. The van der Waals surface area contributed by atoms with Crippen molar-refractivity contribution in [2.45, 2.75) is 39.0 Å². The van der Waals surface area contributed by atoms with E-state index in [1.165, 1.54) is 0 Å². The molecular weight excluding hydrogens is 418 g/mol. The molecule has 0 aliphatic carbocycles. The minimum atomic E-state index is -1.03. The van der Waals surface area contributed by atoms with E-state index >= 15 is 0 Å². The summed E-state index contributed by atoms with van der Waals surface area (Å²) in [7, 11) is 0. The molecule has 0 bridgehead atoms. The van der Waals surface area contributed by atoms with Gasteiger partial charge in [-0.15, -0.1) is 0 Å². The average Bonchev–Trinajstić information content (AvgIpc) is 2.74. The number of quaternary nitrogens is 1. The van der Waals surface area contributed by atoms with Crippen molar-refractivity contribution in [2.24, 2.45) is 5.92 Å². The third kappa shape index (κ3) is 7.23. The number of carboxylic acids is 2. The molecule has 0 heterocycles. The van der Waals surface area contributed by atoms with Crippen LogP contribution in [0.5, 0.6) is 11.5 Å². The van der Waals surface area contributed by atoms with Crippen LogP contribution in [-0.2, 0) is 35.8 Å². The van der Waals surface area contributed by atoms with Crippen LogP contribution in [0, 0.1) is 5.92 Å². The van der Waals surface area contributed by atoms with Gasteiger partial charge in [0, 0.05) is 29.5 Å². The standard InChI is InChI=1S/C23H29NO8/c25-13-18-5-1-3-16(22(18)31)9-15(10-20(27)28)7-8-24(12-21(29)30)11-17-4-2-6-19(14-26)23(17)32/h1-6,15,25-26,31-32H,7-14H2,(H,27,28)(H,29,30)/p+1. The molecule has 0 saturated carbocycles. The summed E-state index contributed by atoms with van der Waals surface area (Å²) in [6.45, 7) is -0.389. The lowest BCUT2D eigenvalue weighted by Crippen LogP contribution is -3.11. The highest BCUT2D eigenvalue weighted by molar-refractivity contribution is 5.67. The summed E-state index contributed by atoms with van der Waals surface area (Å²) in [5, 5.41) is 57.9. The van der Waals surface area contributed by atoms with Gasteiger partial charge in [0.15, 0.2) is 6.54 Å². The molecule has 0 amide bonds. The number of rotatable bonds is 13. The average molecular weight is 448 g/mol. The summed E-state index contributed by atoms with van der Waals surface area (Å²) in [5.41, 5.74) is 1.72. The molecule has 0 radical (unpaired) electrons. The predicted octanol–water partition coefficient (Wildman–Crippen LogP) is 0.276. The third-order valence-corrected chi connectivity index (χ3v) is 5.47. The zero-order valence-corrected chi connectivity index (χ0v) is 17.7. The fourth-order valence-electron chi connectivity index (χ4n) is 3.82. The van der Waals surface area contributed by atoms with Crippen LogP contribution in [0.3, 0.4) is 0 Å². The lowest BCUT2D eigenvalue weighted by molar-refractivity contribution is -0.907. The molecule has 0 spiro atoms. The number of carbonyl (C=O) groups is 2. The number of aromatic hydroxyl groups is 2. The largest absolute Gasteiger partial charge is 0.507 e. The second kappa shape index (κ2) is 12.0. The third-order valence-electron chi connectivity index (χ3n) is 5.47. The highest BCUT2D eigenvalue weighted by atomic mass is 16.4. The summed E-state index contributed by atoms with van der Waals surface area (Å²) >= 11 is 0. The Labute approximate surface area is 185 Å². The highest BCUT2D eigenvalue weighted by Crippen LogP contribution is 2.27. The molecule has 174 valence electrons. The van der Waals surface area contributed by atoms with Crippen LogP contribution >= 0.6 is 0 Å². The van der Waals surface area contributed by atoms with E-state index in [9.17, 15) is 40.2 Å². The van der Waals surface area contributed by atoms with E-state index in [4.69, 9.17) is 0 Å². The maximum absolute atomic E-state index is 11.4. The Balaban J connectivity index is 2.16. The molecule has 32 heavy (non-hydrogen) atoms. The number of benzene rings is 2. The quantitative estimate of drug-likeness (QED) is 0.230. The van der Waals surface area contributed by atoms with Crippen molar-refractivity contribution in [1.29, 1.82) is 0 Å². The van der Waals surface area contributed by atoms with Gasteiger partial charge in [-0.1, -0.05) is 30.3 Å². The van der Waals surface area contributed by atoms with E-state index in [0.717, 1.165) is 0 Å². The van der Waals surface area contributed by atoms with Crippen LogP contribution in [0.2, 0.25) is 0 Å². The zero-order valence-electron chi connectivity index (χ0n) is 17.7. The maximum atomic E-state index is 11.4. The molecule has 7 N–H and O–H groups in total. The molecular formula is C23H30NO8+. The summed E-state index contributed by atoms with van der Waals surface area (Å²) in [5.74, 6) is -2.54. The van der Waals surface area contributed by atoms with Crippen molar-refractivity contribution >= 4 is 11.9 Å². The number of para-hydroxylation sites is 2. The van der Waals surface area contributed by atoms with Crippen LogP contribution in [-0.4, -0.2) is 55.7 Å². The Morgan fingerprint density at radius 1 is 0.812 bits per heavy atom. The SMILES string of the molecule is O=C(O)CC(CC[NH+](CC(=O)O)Cc1cccc(CO)c1O)Cc1cccc(CO)c1O. The highest BCUT2D eigenvalue weighted by Gasteiger charge is 2.22. The van der Waals surface area contributed by atoms with Crippen LogP contribution < -0.4 is 4.90 Å². The Bertz CT molecular complexity index is 855. The summed E-state index contributed by atoms with van der Waals surface area (Å²) in [4.78, 5) is 23.4. The number of nitrogens with one attached hydrogen (secondary N) is 1. The topological polar surface area (TPSA) is 160 Å². The van der Waals surface area contributed by atoms with E-state index in [-0.39, 0.29) is 56.6 Å². The summed E-state index contributed by atoms with van der Waals surface area (Å²) in [6.07, 6.45) is 0.476. The van der Waals surface area contributed by atoms with Gasteiger partial charge in [-0.2, -0.15) is 0 Å². The molecule has 0 aliphatic rings. The van der Waals surface area contributed by atoms with Crippen molar-refractivity contribution in [3.63, 3.8) is 0 Å². The van der Waals surface area contributed by atoms with E-state index in [2.05, 4.69) is 0 Å². The molecule has 2 aromatic carbocycles. The predicted molar refractivity (Wildman–Crippen MR) is 114 cm³/mol. The van der Waals surface area contributed by atoms with Gasteiger partial charge in [0.05, 0.1) is 19.8 Å². The van der Waals surface area contributed by atoms with Gasteiger partial charge in [-0.05, 0) is 24.0 Å². The second-order valence-corrected chi connectivity index (χ2v) is 7.87. The zero-order chi connectivity index (χ0) is 23.7. The van der Waals surface area contributed by atoms with Gasteiger partial charge in [0.1, 0.15) is 18.0 Å². The molecule has 2 aromatic rings. The number of hydrogen-bond acceptors (Lipinski definition) is 6. The van der Waals surface area contributed by atoms with Gasteiger partial charge in [-0.25, -0.2) is 4.79 Å². The molecule has 9 heteroatoms. The fraction of sp³-hybridized carbons (Fsp3) is 0.391.